The highest BCUT2D eigenvalue weighted by Gasteiger charge is 2.39. The van der Waals surface area contributed by atoms with Crippen LogP contribution in [0.4, 0.5) is 0 Å². The van der Waals surface area contributed by atoms with E-state index >= 15 is 0 Å². The quantitative estimate of drug-likeness (QED) is 0.838. The summed E-state index contributed by atoms with van der Waals surface area (Å²) in [7, 11) is -2.09. The van der Waals surface area contributed by atoms with Crippen LogP contribution in [0.3, 0.4) is 0 Å². The maximum absolute atomic E-state index is 12.8. The zero-order chi connectivity index (χ0) is 17.1. The molecule has 128 valence electrons. The zero-order valence-electron chi connectivity index (χ0n) is 13.6. The van der Waals surface area contributed by atoms with Gasteiger partial charge in [-0.05, 0) is 37.8 Å². The van der Waals surface area contributed by atoms with Crippen molar-refractivity contribution in [3.05, 3.63) is 29.8 Å². The second kappa shape index (κ2) is 6.98. The van der Waals surface area contributed by atoms with Crippen molar-refractivity contribution in [3.63, 3.8) is 0 Å². The number of hydrogen-bond donors (Lipinski definition) is 2. The minimum Gasteiger partial charge on any atom is -0.388 e. The molecule has 0 radical (unpaired) electrons. The third-order valence-corrected chi connectivity index (χ3v) is 6.33. The normalized spacial score (nSPS) is 22.7. The number of rotatable bonds is 5. The summed E-state index contributed by atoms with van der Waals surface area (Å²) in [6.45, 7) is 2.17. The molecule has 1 atom stereocenters. The molecule has 0 aliphatic carbocycles. The first-order chi connectivity index (χ1) is 10.8. The summed E-state index contributed by atoms with van der Waals surface area (Å²) in [6.07, 6.45) is 1.52. The van der Waals surface area contributed by atoms with Crippen LogP contribution < -0.4 is 5.32 Å². The van der Waals surface area contributed by atoms with E-state index in [4.69, 9.17) is 0 Å². The van der Waals surface area contributed by atoms with E-state index in [1.807, 2.05) is 0 Å². The van der Waals surface area contributed by atoms with Crippen LogP contribution in [0.1, 0.15) is 31.2 Å². The Morgan fingerprint density at radius 1 is 1.39 bits per heavy atom. The van der Waals surface area contributed by atoms with Crippen molar-refractivity contribution in [1.29, 1.82) is 0 Å². The first-order valence-corrected chi connectivity index (χ1v) is 9.21. The largest absolute Gasteiger partial charge is 0.388 e. The number of β-amino-alcohol motifs (C(OH)–C–C–N with tert-alkyl or cyclic N) is 1. The standard InChI is InChI=1S/C16H24N2O4S/c1-13-6-3-4-7-14(13)23(21,22)18-11-5-9-16(20,12-18)10-8-15(19)17-2/h3-4,6-7,20H,5,8-12H2,1-2H3,(H,17,19). The zero-order valence-corrected chi connectivity index (χ0v) is 14.4. The van der Waals surface area contributed by atoms with Gasteiger partial charge in [0.1, 0.15) is 0 Å². The van der Waals surface area contributed by atoms with E-state index in [0.29, 0.717) is 24.9 Å². The molecule has 0 aromatic heterocycles. The Labute approximate surface area is 137 Å². The smallest absolute Gasteiger partial charge is 0.243 e. The average molecular weight is 340 g/mol. The van der Waals surface area contributed by atoms with E-state index in [1.54, 1.807) is 38.2 Å². The Morgan fingerprint density at radius 3 is 2.74 bits per heavy atom. The van der Waals surface area contributed by atoms with Gasteiger partial charge in [-0.1, -0.05) is 18.2 Å². The number of carbonyl (C=O) groups excluding carboxylic acids is 1. The SMILES string of the molecule is CNC(=O)CCC1(O)CCCN(S(=O)(=O)c2ccccc2C)C1. The van der Waals surface area contributed by atoms with Crippen LogP contribution in [-0.4, -0.2) is 49.5 Å². The molecule has 1 unspecified atom stereocenters. The summed E-state index contributed by atoms with van der Waals surface area (Å²) in [5.74, 6) is -0.155. The number of aryl methyl sites for hydroxylation is 1. The average Bonchev–Trinajstić information content (AvgIpc) is 2.53. The fourth-order valence-electron chi connectivity index (χ4n) is 2.94. The number of nitrogens with one attached hydrogen (secondary N) is 1. The van der Waals surface area contributed by atoms with Gasteiger partial charge in [0.2, 0.25) is 15.9 Å². The Morgan fingerprint density at radius 2 is 2.09 bits per heavy atom. The topological polar surface area (TPSA) is 86.7 Å². The van der Waals surface area contributed by atoms with Crippen LogP contribution in [0.5, 0.6) is 0 Å². The number of amides is 1. The number of nitrogens with zero attached hydrogens (tertiary/aromatic N) is 1. The van der Waals surface area contributed by atoms with Gasteiger partial charge in [0.25, 0.3) is 0 Å². The summed E-state index contributed by atoms with van der Waals surface area (Å²) in [5.41, 5.74) is -0.465. The van der Waals surface area contributed by atoms with E-state index in [0.717, 1.165) is 0 Å². The lowest BCUT2D eigenvalue weighted by molar-refractivity contribution is -0.122. The second-order valence-electron chi connectivity index (χ2n) is 6.11. The van der Waals surface area contributed by atoms with E-state index in [1.165, 1.54) is 4.31 Å². The van der Waals surface area contributed by atoms with Crippen LogP contribution in [-0.2, 0) is 14.8 Å². The number of benzene rings is 1. The van der Waals surface area contributed by atoms with Gasteiger partial charge in [0.15, 0.2) is 0 Å². The molecule has 2 N–H and O–H groups in total. The number of carbonyl (C=O) groups is 1. The molecule has 0 bridgehead atoms. The van der Waals surface area contributed by atoms with Crippen LogP contribution in [0.15, 0.2) is 29.2 Å². The molecule has 2 rings (SSSR count). The highest BCUT2D eigenvalue weighted by atomic mass is 32.2. The van der Waals surface area contributed by atoms with Crippen LogP contribution in [0.25, 0.3) is 0 Å². The first kappa shape index (κ1) is 17.9. The van der Waals surface area contributed by atoms with Crippen molar-refractivity contribution >= 4 is 15.9 Å². The van der Waals surface area contributed by atoms with E-state index in [-0.39, 0.29) is 30.2 Å². The van der Waals surface area contributed by atoms with Crippen LogP contribution in [0, 0.1) is 6.92 Å². The summed E-state index contributed by atoms with van der Waals surface area (Å²) >= 11 is 0. The monoisotopic (exact) mass is 340 g/mol. The highest BCUT2D eigenvalue weighted by Crippen LogP contribution is 2.30. The Kier molecular flexibility index (Phi) is 5.44. The van der Waals surface area contributed by atoms with Crippen molar-refractivity contribution in [2.75, 3.05) is 20.1 Å². The van der Waals surface area contributed by atoms with Gasteiger partial charge in [-0.15, -0.1) is 0 Å². The molecule has 1 aromatic rings. The number of sulfonamides is 1. The lowest BCUT2D eigenvalue weighted by Gasteiger charge is -2.38. The van der Waals surface area contributed by atoms with Crippen molar-refractivity contribution in [1.82, 2.24) is 9.62 Å². The Hall–Kier alpha value is -1.44. The van der Waals surface area contributed by atoms with Crippen molar-refractivity contribution < 1.29 is 18.3 Å². The molecule has 6 nitrogen and oxygen atoms in total. The van der Waals surface area contributed by atoms with Gasteiger partial charge in [-0.2, -0.15) is 4.31 Å². The maximum Gasteiger partial charge on any atom is 0.243 e. The minimum atomic E-state index is -3.64. The van der Waals surface area contributed by atoms with Gasteiger partial charge in [-0.25, -0.2) is 8.42 Å². The van der Waals surface area contributed by atoms with E-state index in [9.17, 15) is 18.3 Å². The molecule has 7 heteroatoms. The van der Waals surface area contributed by atoms with E-state index in [2.05, 4.69) is 5.32 Å². The number of piperidine rings is 1. The summed E-state index contributed by atoms with van der Waals surface area (Å²) < 4.78 is 27.0. The number of hydrogen-bond acceptors (Lipinski definition) is 4. The molecule has 0 spiro atoms. The van der Waals surface area contributed by atoms with Gasteiger partial charge in [0.05, 0.1) is 10.5 Å². The second-order valence-corrected chi connectivity index (χ2v) is 8.01. The predicted molar refractivity (Wildman–Crippen MR) is 87.4 cm³/mol. The van der Waals surface area contributed by atoms with Crippen molar-refractivity contribution in [2.24, 2.45) is 0 Å². The summed E-state index contributed by atoms with van der Waals surface area (Å²) in [4.78, 5) is 11.7. The predicted octanol–water partition coefficient (Wildman–Crippen LogP) is 1.04. The van der Waals surface area contributed by atoms with Gasteiger partial charge in [0, 0.05) is 26.6 Å². The third-order valence-electron chi connectivity index (χ3n) is 4.33. The lowest BCUT2D eigenvalue weighted by atomic mass is 9.89. The third kappa shape index (κ3) is 4.10. The molecule has 1 aromatic carbocycles. The van der Waals surface area contributed by atoms with E-state index < -0.39 is 15.6 Å². The molecule has 1 fully saturated rings. The number of aliphatic hydroxyl groups is 1. The molecule has 1 aliphatic rings. The fourth-order valence-corrected chi connectivity index (χ4v) is 4.72. The first-order valence-electron chi connectivity index (χ1n) is 7.77. The lowest BCUT2D eigenvalue weighted by Crippen LogP contribution is -2.50. The van der Waals surface area contributed by atoms with Crippen LogP contribution in [0.2, 0.25) is 0 Å². The van der Waals surface area contributed by atoms with Gasteiger partial charge in [-0.3, -0.25) is 4.79 Å². The molecule has 1 amide bonds. The van der Waals surface area contributed by atoms with Gasteiger partial charge >= 0.3 is 0 Å². The van der Waals surface area contributed by atoms with Gasteiger partial charge < -0.3 is 10.4 Å². The van der Waals surface area contributed by atoms with Crippen LogP contribution >= 0.6 is 0 Å². The molecule has 0 saturated carbocycles. The van der Waals surface area contributed by atoms with Crippen molar-refractivity contribution in [2.45, 2.75) is 43.1 Å². The Bertz CT molecular complexity index is 674. The molecular weight excluding hydrogens is 316 g/mol. The maximum atomic E-state index is 12.8. The Balaban J connectivity index is 2.17. The highest BCUT2D eigenvalue weighted by molar-refractivity contribution is 7.89. The molecule has 1 saturated heterocycles. The summed E-state index contributed by atoms with van der Waals surface area (Å²) in [5, 5.41) is 13.2. The van der Waals surface area contributed by atoms with Crippen molar-refractivity contribution in [3.8, 4) is 0 Å². The molecule has 1 aliphatic heterocycles. The summed E-state index contributed by atoms with van der Waals surface area (Å²) in [6, 6.07) is 6.84. The molecule has 1 heterocycles. The fraction of sp³-hybridized carbons (Fsp3) is 0.562. The molecular formula is C16H24N2O4S. The molecule has 23 heavy (non-hydrogen) atoms. The minimum absolute atomic E-state index is 0.0284.